The molecule has 2 aromatic rings. The van der Waals surface area contributed by atoms with E-state index in [0.29, 0.717) is 30.2 Å². The molecule has 0 spiro atoms. The van der Waals surface area contributed by atoms with E-state index in [-0.39, 0.29) is 11.7 Å². The van der Waals surface area contributed by atoms with Gasteiger partial charge in [-0.25, -0.2) is 4.79 Å². The summed E-state index contributed by atoms with van der Waals surface area (Å²) in [7, 11) is 1.29. The van der Waals surface area contributed by atoms with Gasteiger partial charge in [-0.15, -0.1) is 0 Å². The second kappa shape index (κ2) is 8.79. The lowest BCUT2D eigenvalue weighted by molar-refractivity contribution is -0.131. The number of carbonyl (C=O) groups excluding carboxylic acids is 3. The zero-order valence-electron chi connectivity index (χ0n) is 13.6. The Labute approximate surface area is 174 Å². The summed E-state index contributed by atoms with van der Waals surface area (Å²) in [6.45, 7) is 1.29. The average Bonchev–Trinajstić information content (AvgIpc) is 2.58. The normalized spacial score (nSPS) is 10.2. The van der Waals surface area contributed by atoms with Crippen LogP contribution in [0.15, 0.2) is 43.7 Å². The van der Waals surface area contributed by atoms with Gasteiger partial charge in [0.05, 0.1) is 27.3 Å². The van der Waals surface area contributed by atoms with Crippen LogP contribution in [0.5, 0.6) is 5.75 Å². The highest BCUT2D eigenvalue weighted by Crippen LogP contribution is 2.35. The van der Waals surface area contributed by atoms with Crippen LogP contribution in [-0.2, 0) is 9.53 Å². The van der Waals surface area contributed by atoms with Crippen molar-refractivity contribution in [2.45, 2.75) is 6.92 Å². The third-order valence-electron chi connectivity index (χ3n) is 3.14. The van der Waals surface area contributed by atoms with Crippen LogP contribution in [0.25, 0.3) is 0 Å². The number of methoxy groups -OCH3 is 1. The van der Waals surface area contributed by atoms with Crippen molar-refractivity contribution in [1.82, 2.24) is 0 Å². The standard InChI is InChI=1S/C17H12Br3NO5/c1-8(22)26-15-12(19)6-10(7-13(15)20)16(23)21-14-4-3-9(5-11(14)18)17(24)25-2/h3-7H,1-2H3,(H,21,23). The van der Waals surface area contributed by atoms with E-state index in [1.165, 1.54) is 26.2 Å². The monoisotopic (exact) mass is 547 g/mol. The lowest BCUT2D eigenvalue weighted by Crippen LogP contribution is -2.13. The molecule has 0 saturated heterocycles. The minimum atomic E-state index is -0.475. The second-order valence-electron chi connectivity index (χ2n) is 5.00. The van der Waals surface area contributed by atoms with Crippen molar-refractivity contribution in [1.29, 1.82) is 0 Å². The number of anilines is 1. The van der Waals surface area contributed by atoms with Gasteiger partial charge in [0.2, 0.25) is 0 Å². The van der Waals surface area contributed by atoms with E-state index in [0.717, 1.165) is 0 Å². The van der Waals surface area contributed by atoms with E-state index >= 15 is 0 Å². The van der Waals surface area contributed by atoms with Gasteiger partial charge in [-0.1, -0.05) is 0 Å². The van der Waals surface area contributed by atoms with Crippen molar-refractivity contribution in [2.75, 3.05) is 12.4 Å². The Morgan fingerprint density at radius 3 is 2.00 bits per heavy atom. The number of nitrogens with one attached hydrogen (secondary N) is 1. The molecule has 0 radical (unpaired) electrons. The van der Waals surface area contributed by atoms with Gasteiger partial charge in [-0.3, -0.25) is 9.59 Å². The van der Waals surface area contributed by atoms with Crippen LogP contribution < -0.4 is 10.1 Å². The molecule has 0 aliphatic heterocycles. The highest BCUT2D eigenvalue weighted by molar-refractivity contribution is 9.11. The number of rotatable bonds is 4. The van der Waals surface area contributed by atoms with E-state index in [1.807, 2.05) is 0 Å². The summed E-state index contributed by atoms with van der Waals surface area (Å²) >= 11 is 9.88. The Balaban J connectivity index is 2.25. The van der Waals surface area contributed by atoms with Crippen LogP contribution in [0.1, 0.15) is 27.6 Å². The molecule has 0 bridgehead atoms. The molecule has 0 fully saturated rings. The van der Waals surface area contributed by atoms with Crippen molar-refractivity contribution in [3.63, 3.8) is 0 Å². The van der Waals surface area contributed by atoms with Gasteiger partial charge in [-0.2, -0.15) is 0 Å². The summed E-state index contributed by atoms with van der Waals surface area (Å²) < 4.78 is 11.2. The van der Waals surface area contributed by atoms with Crippen LogP contribution in [0.4, 0.5) is 5.69 Å². The molecule has 0 heterocycles. The van der Waals surface area contributed by atoms with E-state index in [4.69, 9.17) is 4.74 Å². The Hall–Kier alpha value is -1.71. The van der Waals surface area contributed by atoms with Gasteiger partial charge < -0.3 is 14.8 Å². The quantitative estimate of drug-likeness (QED) is 0.432. The first-order chi connectivity index (χ1) is 12.2. The number of halogens is 3. The summed E-state index contributed by atoms with van der Waals surface area (Å²) in [5, 5.41) is 2.74. The van der Waals surface area contributed by atoms with Gasteiger partial charge >= 0.3 is 11.9 Å². The number of carbonyl (C=O) groups is 3. The third kappa shape index (κ3) is 4.93. The van der Waals surface area contributed by atoms with Gasteiger partial charge in [0.1, 0.15) is 0 Å². The molecular weight excluding hydrogens is 538 g/mol. The van der Waals surface area contributed by atoms with E-state index < -0.39 is 11.9 Å². The predicted octanol–water partition coefficient (Wildman–Crippen LogP) is 4.94. The van der Waals surface area contributed by atoms with E-state index in [2.05, 4.69) is 57.8 Å². The first-order valence-corrected chi connectivity index (χ1v) is 9.47. The van der Waals surface area contributed by atoms with E-state index in [9.17, 15) is 14.4 Å². The Morgan fingerprint density at radius 1 is 0.923 bits per heavy atom. The predicted molar refractivity (Wildman–Crippen MR) is 107 cm³/mol. The molecule has 0 atom stereocenters. The summed E-state index contributed by atoms with van der Waals surface area (Å²) in [5.41, 5.74) is 1.18. The molecule has 2 rings (SSSR count). The number of benzene rings is 2. The topological polar surface area (TPSA) is 81.7 Å². The fourth-order valence-electron chi connectivity index (χ4n) is 1.99. The summed E-state index contributed by atoms with van der Waals surface area (Å²) in [6.07, 6.45) is 0. The zero-order chi connectivity index (χ0) is 19.4. The van der Waals surface area contributed by atoms with Crippen LogP contribution in [0.3, 0.4) is 0 Å². The van der Waals surface area contributed by atoms with Crippen LogP contribution in [0, 0.1) is 0 Å². The zero-order valence-corrected chi connectivity index (χ0v) is 18.3. The number of ether oxygens (including phenoxy) is 2. The Kier molecular flexibility index (Phi) is 6.96. The van der Waals surface area contributed by atoms with Crippen LogP contribution in [-0.4, -0.2) is 25.0 Å². The molecule has 1 amide bonds. The maximum atomic E-state index is 12.5. The fraction of sp³-hybridized carbons (Fsp3) is 0.118. The number of hydrogen-bond donors (Lipinski definition) is 1. The minimum absolute atomic E-state index is 0.290. The van der Waals surface area contributed by atoms with Gasteiger partial charge in [-0.05, 0) is 78.1 Å². The maximum absolute atomic E-state index is 12.5. The number of amides is 1. The first-order valence-electron chi connectivity index (χ1n) is 7.09. The van der Waals surface area contributed by atoms with Crippen molar-refractivity contribution in [3.8, 4) is 5.75 Å². The molecule has 136 valence electrons. The number of esters is 2. The molecule has 0 aliphatic carbocycles. The molecule has 2 aromatic carbocycles. The summed E-state index contributed by atoms with van der Waals surface area (Å²) in [4.78, 5) is 35.2. The first kappa shape index (κ1) is 20.6. The van der Waals surface area contributed by atoms with Crippen LogP contribution in [0.2, 0.25) is 0 Å². The van der Waals surface area contributed by atoms with Crippen molar-refractivity contribution in [2.24, 2.45) is 0 Å². The molecule has 0 saturated carbocycles. The third-order valence-corrected chi connectivity index (χ3v) is 4.98. The smallest absolute Gasteiger partial charge is 0.337 e. The lowest BCUT2D eigenvalue weighted by atomic mass is 10.1. The van der Waals surface area contributed by atoms with Gasteiger partial charge in [0.15, 0.2) is 5.75 Å². The fourth-order valence-corrected chi connectivity index (χ4v) is 3.81. The lowest BCUT2D eigenvalue weighted by Gasteiger charge is -2.11. The number of hydrogen-bond acceptors (Lipinski definition) is 5. The summed E-state index contributed by atoms with van der Waals surface area (Å²) in [6, 6.07) is 7.76. The molecule has 0 aliphatic rings. The van der Waals surface area contributed by atoms with Crippen LogP contribution >= 0.6 is 47.8 Å². The highest BCUT2D eigenvalue weighted by atomic mass is 79.9. The highest BCUT2D eigenvalue weighted by Gasteiger charge is 2.16. The average molecular weight is 550 g/mol. The van der Waals surface area contributed by atoms with Crippen molar-refractivity contribution in [3.05, 3.63) is 54.9 Å². The largest absolute Gasteiger partial charge is 0.465 e. The van der Waals surface area contributed by atoms with Gasteiger partial charge in [0.25, 0.3) is 5.91 Å². The van der Waals surface area contributed by atoms with Crippen molar-refractivity contribution >= 4 is 71.3 Å². The van der Waals surface area contributed by atoms with Gasteiger partial charge in [0, 0.05) is 17.0 Å². The minimum Gasteiger partial charge on any atom is -0.465 e. The van der Waals surface area contributed by atoms with E-state index in [1.54, 1.807) is 18.2 Å². The van der Waals surface area contributed by atoms with Crippen molar-refractivity contribution < 1.29 is 23.9 Å². The maximum Gasteiger partial charge on any atom is 0.337 e. The second-order valence-corrected chi connectivity index (χ2v) is 7.57. The summed E-state index contributed by atoms with van der Waals surface area (Å²) in [5.74, 6) is -1.04. The molecule has 0 aromatic heterocycles. The molecule has 0 unspecified atom stereocenters. The molecule has 26 heavy (non-hydrogen) atoms. The SMILES string of the molecule is COC(=O)c1ccc(NC(=O)c2cc(Br)c(OC(C)=O)c(Br)c2)c(Br)c1. The Morgan fingerprint density at radius 2 is 1.50 bits per heavy atom. The molecule has 1 N–H and O–H groups in total. The molecule has 9 heteroatoms. The molecular formula is C17H12Br3NO5. The Bertz CT molecular complexity index is 875. The molecule has 6 nitrogen and oxygen atoms in total.